The molecule has 2 rings (SSSR count). The topological polar surface area (TPSA) is 89.9 Å². The van der Waals surface area contributed by atoms with Gasteiger partial charge in [0.25, 0.3) is 10.1 Å². The molecule has 0 radical (unpaired) electrons. The summed E-state index contributed by atoms with van der Waals surface area (Å²) in [5.41, 5.74) is 0.968. The monoisotopic (exact) mass is 314 g/mol. The molecule has 1 aromatic carbocycles. The van der Waals surface area contributed by atoms with Crippen molar-refractivity contribution in [3.05, 3.63) is 29.8 Å². The van der Waals surface area contributed by atoms with Gasteiger partial charge < -0.3 is 9.84 Å². The van der Waals surface area contributed by atoms with E-state index in [2.05, 4.69) is 0 Å². The van der Waals surface area contributed by atoms with Crippen LogP contribution in [0.3, 0.4) is 0 Å². The second-order valence-electron chi connectivity index (χ2n) is 5.09. The summed E-state index contributed by atoms with van der Waals surface area (Å²) in [5.74, 6) is -1.15. The number of rotatable bonds is 7. The van der Waals surface area contributed by atoms with Crippen LogP contribution >= 0.6 is 0 Å². The third-order valence-electron chi connectivity index (χ3n) is 3.43. The van der Waals surface area contributed by atoms with Gasteiger partial charge in [-0.25, -0.2) is 0 Å². The Morgan fingerprint density at radius 1 is 1.24 bits per heavy atom. The third kappa shape index (κ3) is 4.26. The Morgan fingerprint density at radius 2 is 1.86 bits per heavy atom. The van der Waals surface area contributed by atoms with Crippen LogP contribution in [0.4, 0.5) is 0 Å². The lowest BCUT2D eigenvalue weighted by molar-refractivity contribution is -0.151. The maximum Gasteiger partial charge on any atom is 0.306 e. The minimum Gasteiger partial charge on any atom is -0.481 e. The summed E-state index contributed by atoms with van der Waals surface area (Å²) in [5, 5.41) is 8.72. The zero-order chi connectivity index (χ0) is 15.5. The van der Waals surface area contributed by atoms with Crippen LogP contribution < -0.4 is 0 Å². The predicted octanol–water partition coefficient (Wildman–Crippen LogP) is 1.58. The Hall–Kier alpha value is -1.44. The van der Waals surface area contributed by atoms with Crippen molar-refractivity contribution < 1.29 is 27.2 Å². The number of hydrogen-bond donors (Lipinski definition) is 1. The fourth-order valence-corrected chi connectivity index (χ4v) is 2.93. The smallest absolute Gasteiger partial charge is 0.306 e. The summed E-state index contributed by atoms with van der Waals surface area (Å²) in [7, 11) is -3.76. The molecule has 21 heavy (non-hydrogen) atoms. The quantitative estimate of drug-likeness (QED) is 0.607. The molecule has 0 bridgehead atoms. The zero-order valence-corrected chi connectivity index (χ0v) is 12.5. The SMILES string of the molecule is Cc1ccc(S(=O)(=O)OCCOC2CC(C(=O)O)C2)cc1. The van der Waals surface area contributed by atoms with E-state index in [9.17, 15) is 13.2 Å². The molecular weight excluding hydrogens is 296 g/mol. The fourth-order valence-electron chi connectivity index (χ4n) is 2.03. The standard InChI is InChI=1S/C14H18O6S/c1-10-2-4-13(5-3-10)21(17,18)20-7-6-19-12-8-11(9-12)14(15)16/h2-5,11-12H,6-9H2,1H3,(H,15,16). The van der Waals surface area contributed by atoms with E-state index in [0.29, 0.717) is 12.8 Å². The highest BCUT2D eigenvalue weighted by atomic mass is 32.2. The Bertz CT molecular complexity index is 586. The summed E-state index contributed by atoms with van der Waals surface area (Å²) in [4.78, 5) is 10.7. The third-order valence-corrected chi connectivity index (χ3v) is 4.76. The van der Waals surface area contributed by atoms with Gasteiger partial charge in [0, 0.05) is 0 Å². The van der Waals surface area contributed by atoms with Gasteiger partial charge in [0.05, 0.1) is 30.1 Å². The summed E-state index contributed by atoms with van der Waals surface area (Å²) in [6.45, 7) is 1.92. The molecule has 1 aliphatic rings. The van der Waals surface area contributed by atoms with Crippen LogP contribution in [0, 0.1) is 12.8 Å². The number of carboxylic acids is 1. The highest BCUT2D eigenvalue weighted by Gasteiger charge is 2.35. The van der Waals surface area contributed by atoms with E-state index in [4.69, 9.17) is 14.0 Å². The molecule has 6 nitrogen and oxygen atoms in total. The molecule has 0 unspecified atom stereocenters. The van der Waals surface area contributed by atoms with Gasteiger partial charge in [-0.05, 0) is 31.9 Å². The number of aryl methyl sites for hydroxylation is 1. The summed E-state index contributed by atoms with van der Waals surface area (Å²) in [6, 6.07) is 6.39. The van der Waals surface area contributed by atoms with Crippen LogP contribution in [-0.2, 0) is 23.8 Å². The average Bonchev–Trinajstić information content (AvgIpc) is 2.36. The molecule has 1 saturated carbocycles. The molecule has 0 saturated heterocycles. The first-order valence-electron chi connectivity index (χ1n) is 6.69. The molecule has 0 amide bonds. The second kappa shape index (κ2) is 6.55. The Kier molecular flexibility index (Phi) is 4.97. The Labute approximate surface area is 123 Å². The Balaban J connectivity index is 1.71. The molecular formula is C14H18O6S. The summed E-state index contributed by atoms with van der Waals surface area (Å²) < 4.78 is 34.0. The molecule has 1 N–H and O–H groups in total. The number of hydrogen-bond acceptors (Lipinski definition) is 5. The summed E-state index contributed by atoms with van der Waals surface area (Å²) >= 11 is 0. The van der Waals surface area contributed by atoms with Crippen LogP contribution in [0.1, 0.15) is 18.4 Å². The van der Waals surface area contributed by atoms with Gasteiger partial charge in [0.15, 0.2) is 0 Å². The first-order valence-corrected chi connectivity index (χ1v) is 8.10. The van der Waals surface area contributed by atoms with E-state index in [-0.39, 0.29) is 30.1 Å². The predicted molar refractivity (Wildman–Crippen MR) is 74.4 cm³/mol. The highest BCUT2D eigenvalue weighted by Crippen LogP contribution is 2.30. The lowest BCUT2D eigenvalue weighted by Crippen LogP contribution is -2.36. The van der Waals surface area contributed by atoms with Crippen LogP contribution in [0.5, 0.6) is 0 Å². The Morgan fingerprint density at radius 3 is 2.43 bits per heavy atom. The first kappa shape index (κ1) is 15.9. The maximum absolute atomic E-state index is 11.9. The lowest BCUT2D eigenvalue weighted by Gasteiger charge is -2.31. The molecule has 0 aromatic heterocycles. The van der Waals surface area contributed by atoms with E-state index in [1.54, 1.807) is 12.1 Å². The average molecular weight is 314 g/mol. The van der Waals surface area contributed by atoms with Gasteiger partial charge in [-0.1, -0.05) is 17.7 Å². The largest absolute Gasteiger partial charge is 0.481 e. The normalized spacial score (nSPS) is 21.8. The number of ether oxygens (including phenoxy) is 1. The van der Waals surface area contributed by atoms with Crippen molar-refractivity contribution in [2.24, 2.45) is 5.92 Å². The van der Waals surface area contributed by atoms with Crippen LogP contribution in [-0.4, -0.2) is 38.8 Å². The van der Waals surface area contributed by atoms with Gasteiger partial charge in [-0.3, -0.25) is 8.98 Å². The van der Waals surface area contributed by atoms with Gasteiger partial charge >= 0.3 is 5.97 Å². The molecule has 0 aliphatic heterocycles. The van der Waals surface area contributed by atoms with Crippen LogP contribution in [0.15, 0.2) is 29.2 Å². The molecule has 0 spiro atoms. The van der Waals surface area contributed by atoms with Crippen LogP contribution in [0.2, 0.25) is 0 Å². The highest BCUT2D eigenvalue weighted by molar-refractivity contribution is 7.86. The molecule has 1 aromatic rings. The minimum atomic E-state index is -3.76. The van der Waals surface area contributed by atoms with E-state index in [1.807, 2.05) is 6.92 Å². The van der Waals surface area contributed by atoms with Crippen molar-refractivity contribution in [2.75, 3.05) is 13.2 Å². The van der Waals surface area contributed by atoms with E-state index >= 15 is 0 Å². The van der Waals surface area contributed by atoms with E-state index in [0.717, 1.165) is 5.56 Å². The van der Waals surface area contributed by atoms with Crippen molar-refractivity contribution in [2.45, 2.75) is 30.8 Å². The lowest BCUT2D eigenvalue weighted by atomic mass is 9.82. The minimum absolute atomic E-state index is 0.0789. The van der Waals surface area contributed by atoms with E-state index in [1.165, 1.54) is 12.1 Å². The van der Waals surface area contributed by atoms with Gasteiger partial charge in [0.2, 0.25) is 0 Å². The van der Waals surface area contributed by atoms with Gasteiger partial charge in [-0.2, -0.15) is 8.42 Å². The van der Waals surface area contributed by atoms with E-state index < -0.39 is 16.1 Å². The number of benzene rings is 1. The number of carboxylic acid groups (broad SMARTS) is 1. The van der Waals surface area contributed by atoms with Crippen molar-refractivity contribution in [1.82, 2.24) is 0 Å². The fraction of sp³-hybridized carbons (Fsp3) is 0.500. The van der Waals surface area contributed by atoms with Gasteiger partial charge in [0.1, 0.15) is 0 Å². The summed E-state index contributed by atoms with van der Waals surface area (Å²) in [6.07, 6.45) is 0.830. The van der Waals surface area contributed by atoms with Crippen molar-refractivity contribution in [3.8, 4) is 0 Å². The van der Waals surface area contributed by atoms with Crippen molar-refractivity contribution >= 4 is 16.1 Å². The molecule has 7 heteroatoms. The number of carbonyl (C=O) groups is 1. The van der Waals surface area contributed by atoms with Crippen molar-refractivity contribution in [1.29, 1.82) is 0 Å². The zero-order valence-electron chi connectivity index (χ0n) is 11.7. The second-order valence-corrected chi connectivity index (χ2v) is 6.70. The van der Waals surface area contributed by atoms with Crippen LogP contribution in [0.25, 0.3) is 0 Å². The van der Waals surface area contributed by atoms with Gasteiger partial charge in [-0.15, -0.1) is 0 Å². The molecule has 116 valence electrons. The maximum atomic E-state index is 11.9. The molecule has 0 atom stereocenters. The molecule has 1 fully saturated rings. The first-order chi connectivity index (χ1) is 9.88. The number of aliphatic carboxylic acids is 1. The molecule has 0 heterocycles. The van der Waals surface area contributed by atoms with Crippen molar-refractivity contribution in [3.63, 3.8) is 0 Å². The molecule has 1 aliphatic carbocycles.